The van der Waals surface area contributed by atoms with Gasteiger partial charge in [0.1, 0.15) is 0 Å². The molecule has 0 radical (unpaired) electrons. The standard InChI is InChI=1S/C20H42/c1-4-7-10-13-16-19-20(17-14-11-8-5-2)18-15-12-9-6-3/h20H,4-19H2,1-3H3. The van der Waals surface area contributed by atoms with E-state index in [1.807, 2.05) is 0 Å². The monoisotopic (exact) mass is 282 g/mol. The molecule has 0 saturated carbocycles. The topological polar surface area (TPSA) is 0 Å². The second-order valence-corrected chi connectivity index (χ2v) is 6.77. The van der Waals surface area contributed by atoms with Gasteiger partial charge in [0.2, 0.25) is 0 Å². The van der Waals surface area contributed by atoms with Crippen LogP contribution in [0.1, 0.15) is 124 Å². The van der Waals surface area contributed by atoms with Crippen LogP contribution in [0.4, 0.5) is 0 Å². The highest BCUT2D eigenvalue weighted by atomic mass is 14.1. The van der Waals surface area contributed by atoms with Crippen molar-refractivity contribution in [1.29, 1.82) is 0 Å². The SMILES string of the molecule is CCCCCCCC(CCCCCC)CCCCCC. The molecule has 0 bridgehead atoms. The summed E-state index contributed by atoms with van der Waals surface area (Å²) in [5.74, 6) is 1.05. The lowest BCUT2D eigenvalue weighted by atomic mass is 9.89. The van der Waals surface area contributed by atoms with Crippen molar-refractivity contribution in [1.82, 2.24) is 0 Å². The van der Waals surface area contributed by atoms with Crippen LogP contribution in [0.15, 0.2) is 0 Å². The van der Waals surface area contributed by atoms with Crippen molar-refractivity contribution in [3.05, 3.63) is 0 Å². The summed E-state index contributed by atoms with van der Waals surface area (Å²) < 4.78 is 0. The van der Waals surface area contributed by atoms with E-state index in [0.717, 1.165) is 5.92 Å². The van der Waals surface area contributed by atoms with E-state index in [2.05, 4.69) is 20.8 Å². The van der Waals surface area contributed by atoms with Gasteiger partial charge in [0, 0.05) is 0 Å². The molecule has 122 valence electrons. The maximum Gasteiger partial charge on any atom is -0.0414 e. The van der Waals surface area contributed by atoms with Crippen LogP contribution in [-0.4, -0.2) is 0 Å². The summed E-state index contributed by atoms with van der Waals surface area (Å²) in [6.07, 6.45) is 23.3. The van der Waals surface area contributed by atoms with Gasteiger partial charge in [0.05, 0.1) is 0 Å². The third-order valence-corrected chi connectivity index (χ3v) is 4.65. The zero-order valence-corrected chi connectivity index (χ0v) is 14.9. The van der Waals surface area contributed by atoms with Gasteiger partial charge in [-0.2, -0.15) is 0 Å². The quantitative estimate of drug-likeness (QED) is 0.252. The molecule has 0 aromatic heterocycles. The van der Waals surface area contributed by atoms with Gasteiger partial charge in [0.15, 0.2) is 0 Å². The van der Waals surface area contributed by atoms with Crippen molar-refractivity contribution in [3.63, 3.8) is 0 Å². The molecule has 0 atom stereocenters. The first kappa shape index (κ1) is 20.0. The van der Waals surface area contributed by atoms with Crippen molar-refractivity contribution in [2.45, 2.75) is 124 Å². The first-order chi connectivity index (χ1) is 9.85. The molecule has 0 spiro atoms. The Morgan fingerprint density at radius 3 is 1.05 bits per heavy atom. The van der Waals surface area contributed by atoms with Crippen LogP contribution in [0.2, 0.25) is 0 Å². The minimum absolute atomic E-state index is 1.05. The average Bonchev–Trinajstić information content (AvgIpc) is 2.47. The first-order valence-corrected chi connectivity index (χ1v) is 9.85. The van der Waals surface area contributed by atoms with Gasteiger partial charge in [-0.3, -0.25) is 0 Å². The molecule has 0 aliphatic carbocycles. The first-order valence-electron chi connectivity index (χ1n) is 9.85. The maximum atomic E-state index is 2.32. The average molecular weight is 283 g/mol. The van der Waals surface area contributed by atoms with Crippen LogP contribution < -0.4 is 0 Å². The fourth-order valence-electron chi connectivity index (χ4n) is 3.19. The molecule has 0 aromatic carbocycles. The van der Waals surface area contributed by atoms with Gasteiger partial charge in [-0.1, -0.05) is 124 Å². The number of hydrogen-bond donors (Lipinski definition) is 0. The van der Waals surface area contributed by atoms with Gasteiger partial charge in [0.25, 0.3) is 0 Å². The second kappa shape index (κ2) is 17.1. The Balaban J connectivity index is 3.67. The molecule has 0 heterocycles. The fourth-order valence-corrected chi connectivity index (χ4v) is 3.19. The maximum absolute atomic E-state index is 2.32. The zero-order valence-electron chi connectivity index (χ0n) is 14.9. The summed E-state index contributed by atoms with van der Waals surface area (Å²) in [6.45, 7) is 6.94. The smallest absolute Gasteiger partial charge is 0.0414 e. The Morgan fingerprint density at radius 1 is 0.400 bits per heavy atom. The van der Waals surface area contributed by atoms with Crippen molar-refractivity contribution in [3.8, 4) is 0 Å². The molecule has 0 rings (SSSR count). The molecule has 0 N–H and O–H groups in total. The Hall–Kier alpha value is 0. The molecule has 0 nitrogen and oxygen atoms in total. The lowest BCUT2D eigenvalue weighted by molar-refractivity contribution is 0.368. The van der Waals surface area contributed by atoms with E-state index in [-0.39, 0.29) is 0 Å². The molecule has 0 amide bonds. The Kier molecular flexibility index (Phi) is 17.1. The van der Waals surface area contributed by atoms with E-state index in [4.69, 9.17) is 0 Å². The zero-order chi connectivity index (χ0) is 14.9. The highest BCUT2D eigenvalue weighted by Crippen LogP contribution is 2.24. The highest BCUT2D eigenvalue weighted by Gasteiger charge is 2.08. The van der Waals surface area contributed by atoms with Crippen molar-refractivity contribution >= 4 is 0 Å². The van der Waals surface area contributed by atoms with Crippen molar-refractivity contribution in [2.75, 3.05) is 0 Å². The third kappa shape index (κ3) is 14.4. The summed E-state index contributed by atoms with van der Waals surface area (Å²) in [7, 11) is 0. The van der Waals surface area contributed by atoms with E-state index >= 15 is 0 Å². The fraction of sp³-hybridized carbons (Fsp3) is 1.00. The van der Waals surface area contributed by atoms with E-state index in [9.17, 15) is 0 Å². The number of unbranched alkanes of at least 4 members (excludes halogenated alkanes) is 10. The predicted molar refractivity (Wildman–Crippen MR) is 94.4 cm³/mol. The minimum atomic E-state index is 1.05. The molecule has 0 saturated heterocycles. The summed E-state index contributed by atoms with van der Waals surface area (Å²) in [5, 5.41) is 0. The van der Waals surface area contributed by atoms with Crippen molar-refractivity contribution < 1.29 is 0 Å². The summed E-state index contributed by atoms with van der Waals surface area (Å²) in [4.78, 5) is 0. The van der Waals surface area contributed by atoms with Gasteiger partial charge in [-0.25, -0.2) is 0 Å². The van der Waals surface area contributed by atoms with E-state index in [1.165, 1.54) is 103 Å². The minimum Gasteiger partial charge on any atom is -0.0654 e. The Bertz CT molecular complexity index is 149. The van der Waals surface area contributed by atoms with E-state index < -0.39 is 0 Å². The van der Waals surface area contributed by atoms with Crippen LogP contribution in [0, 0.1) is 5.92 Å². The van der Waals surface area contributed by atoms with Gasteiger partial charge >= 0.3 is 0 Å². The predicted octanol–water partition coefficient (Wildman–Crippen LogP) is 7.90. The molecule has 0 aromatic rings. The summed E-state index contributed by atoms with van der Waals surface area (Å²) in [6, 6.07) is 0. The summed E-state index contributed by atoms with van der Waals surface area (Å²) >= 11 is 0. The van der Waals surface area contributed by atoms with Crippen LogP contribution in [0.3, 0.4) is 0 Å². The second-order valence-electron chi connectivity index (χ2n) is 6.77. The van der Waals surface area contributed by atoms with Gasteiger partial charge < -0.3 is 0 Å². The largest absolute Gasteiger partial charge is 0.0654 e. The molecule has 0 fully saturated rings. The van der Waals surface area contributed by atoms with E-state index in [0.29, 0.717) is 0 Å². The number of rotatable bonds is 16. The molecule has 0 heteroatoms. The Labute approximate surface area is 130 Å². The molecule has 0 aliphatic heterocycles. The lowest BCUT2D eigenvalue weighted by Gasteiger charge is -2.17. The van der Waals surface area contributed by atoms with Crippen LogP contribution in [-0.2, 0) is 0 Å². The molecular formula is C20H42. The van der Waals surface area contributed by atoms with Gasteiger partial charge in [-0.15, -0.1) is 0 Å². The number of hydrogen-bond acceptors (Lipinski definition) is 0. The van der Waals surface area contributed by atoms with Crippen LogP contribution >= 0.6 is 0 Å². The third-order valence-electron chi connectivity index (χ3n) is 4.65. The van der Waals surface area contributed by atoms with Crippen molar-refractivity contribution in [2.24, 2.45) is 5.92 Å². The summed E-state index contributed by atoms with van der Waals surface area (Å²) in [5.41, 5.74) is 0. The molecule has 20 heavy (non-hydrogen) atoms. The van der Waals surface area contributed by atoms with Gasteiger partial charge in [-0.05, 0) is 5.92 Å². The lowest BCUT2D eigenvalue weighted by Crippen LogP contribution is -2.01. The Morgan fingerprint density at radius 2 is 0.700 bits per heavy atom. The van der Waals surface area contributed by atoms with E-state index in [1.54, 1.807) is 0 Å². The molecule has 0 aliphatic rings. The molecular weight excluding hydrogens is 240 g/mol. The normalized spacial score (nSPS) is 11.4. The van der Waals surface area contributed by atoms with Crippen LogP contribution in [0.25, 0.3) is 0 Å². The molecule has 0 unspecified atom stereocenters. The van der Waals surface area contributed by atoms with Crippen LogP contribution in [0.5, 0.6) is 0 Å². The highest BCUT2D eigenvalue weighted by molar-refractivity contribution is 4.61.